The third-order valence-electron chi connectivity index (χ3n) is 1.84. The second-order valence-electron chi connectivity index (χ2n) is 5.25. The van der Waals surface area contributed by atoms with Gasteiger partial charge in [-0.1, -0.05) is 32.9 Å². The van der Waals surface area contributed by atoms with Crippen molar-refractivity contribution in [2.75, 3.05) is 0 Å². The van der Waals surface area contributed by atoms with E-state index in [1.54, 1.807) is 6.08 Å². The highest BCUT2D eigenvalue weighted by Crippen LogP contribution is 2.31. The third kappa shape index (κ3) is 5.00. The van der Waals surface area contributed by atoms with Crippen LogP contribution in [0.4, 0.5) is 13.2 Å². The van der Waals surface area contributed by atoms with Crippen LogP contribution in [-0.2, 0) is 4.79 Å². The number of hydrogen-bond acceptors (Lipinski definition) is 1. The number of allylic oxidation sites excluding steroid dienone is 2. The van der Waals surface area contributed by atoms with Crippen LogP contribution < -0.4 is 0 Å². The second kappa shape index (κ2) is 3.99. The zero-order valence-corrected chi connectivity index (χ0v) is 9.70. The molecule has 0 heterocycles. The van der Waals surface area contributed by atoms with Gasteiger partial charge in [-0.2, -0.15) is 13.2 Å². The van der Waals surface area contributed by atoms with Gasteiger partial charge in [0.05, 0.1) is 5.41 Å². The number of ketones is 1. The quantitative estimate of drug-likeness (QED) is 0.650. The molecule has 15 heavy (non-hydrogen) atoms. The Balaban J connectivity index is 4.86. The molecule has 0 atom stereocenters. The molecule has 0 saturated heterocycles. The van der Waals surface area contributed by atoms with Crippen molar-refractivity contribution >= 4 is 5.78 Å². The van der Waals surface area contributed by atoms with Crippen molar-refractivity contribution in [1.82, 2.24) is 0 Å². The maximum Gasteiger partial charge on any atom is 0.450 e. The predicted molar refractivity (Wildman–Crippen MR) is 53.4 cm³/mol. The summed E-state index contributed by atoms with van der Waals surface area (Å²) < 4.78 is 36.5. The molecule has 0 aliphatic heterocycles. The molecule has 0 radical (unpaired) electrons. The number of alkyl halides is 3. The zero-order valence-electron chi connectivity index (χ0n) is 9.70. The van der Waals surface area contributed by atoms with E-state index in [1.807, 2.05) is 20.8 Å². The van der Waals surface area contributed by atoms with Crippen LogP contribution in [0.15, 0.2) is 12.2 Å². The molecule has 0 aliphatic carbocycles. The van der Waals surface area contributed by atoms with Crippen LogP contribution in [0.25, 0.3) is 0 Å². The summed E-state index contributed by atoms with van der Waals surface area (Å²) in [6.07, 6.45) is -1.83. The fourth-order valence-electron chi connectivity index (χ4n) is 0.899. The molecule has 4 heteroatoms. The predicted octanol–water partition coefficient (Wildman–Crippen LogP) is 3.75. The molecule has 0 aromatic carbocycles. The monoisotopic (exact) mass is 222 g/mol. The van der Waals surface area contributed by atoms with Crippen molar-refractivity contribution in [2.24, 2.45) is 10.8 Å². The molecule has 0 saturated carbocycles. The summed E-state index contributed by atoms with van der Waals surface area (Å²) in [5.41, 5.74) is -1.73. The Morgan fingerprint density at radius 3 is 1.60 bits per heavy atom. The van der Waals surface area contributed by atoms with E-state index < -0.39 is 17.4 Å². The summed E-state index contributed by atoms with van der Waals surface area (Å²) >= 11 is 0. The average molecular weight is 222 g/mol. The molecule has 0 fully saturated rings. The van der Waals surface area contributed by atoms with Gasteiger partial charge in [-0.05, 0) is 19.3 Å². The van der Waals surface area contributed by atoms with Gasteiger partial charge in [-0.15, -0.1) is 0 Å². The van der Waals surface area contributed by atoms with Gasteiger partial charge in [0.2, 0.25) is 5.78 Å². The lowest BCUT2D eigenvalue weighted by molar-refractivity contribution is -0.178. The third-order valence-corrected chi connectivity index (χ3v) is 1.84. The van der Waals surface area contributed by atoms with Crippen molar-refractivity contribution in [2.45, 2.75) is 40.8 Å². The van der Waals surface area contributed by atoms with Crippen molar-refractivity contribution in [3.05, 3.63) is 12.2 Å². The summed E-state index contributed by atoms with van der Waals surface area (Å²) in [5.74, 6) is -1.71. The van der Waals surface area contributed by atoms with E-state index in [2.05, 4.69) is 0 Å². The SMILES string of the molecule is CC(C)(C)/C=C/C(C)(C)C(=O)C(F)(F)F. The highest BCUT2D eigenvalue weighted by Gasteiger charge is 2.46. The first kappa shape index (κ1) is 14.2. The van der Waals surface area contributed by atoms with Gasteiger partial charge in [-0.3, -0.25) is 4.79 Å². The lowest BCUT2D eigenvalue weighted by atomic mass is 9.84. The van der Waals surface area contributed by atoms with Crippen LogP contribution in [-0.4, -0.2) is 12.0 Å². The Morgan fingerprint density at radius 2 is 1.33 bits per heavy atom. The van der Waals surface area contributed by atoms with Gasteiger partial charge in [0, 0.05) is 0 Å². The van der Waals surface area contributed by atoms with E-state index in [-0.39, 0.29) is 5.41 Å². The van der Waals surface area contributed by atoms with Crippen molar-refractivity contribution in [3.63, 3.8) is 0 Å². The average Bonchev–Trinajstić information content (AvgIpc) is 1.97. The topological polar surface area (TPSA) is 17.1 Å². The fraction of sp³-hybridized carbons (Fsp3) is 0.727. The lowest BCUT2D eigenvalue weighted by Gasteiger charge is -2.22. The van der Waals surface area contributed by atoms with E-state index in [4.69, 9.17) is 0 Å². The molecule has 0 aromatic rings. The van der Waals surface area contributed by atoms with Crippen LogP contribution in [0.5, 0.6) is 0 Å². The van der Waals surface area contributed by atoms with Crippen LogP contribution in [0.1, 0.15) is 34.6 Å². The first-order valence-electron chi connectivity index (χ1n) is 4.68. The molecule has 0 rings (SSSR count). The van der Waals surface area contributed by atoms with Gasteiger partial charge in [0.25, 0.3) is 0 Å². The molecule has 88 valence electrons. The smallest absolute Gasteiger partial charge is 0.289 e. The number of halogens is 3. The Kier molecular flexibility index (Phi) is 3.77. The van der Waals surface area contributed by atoms with Crippen molar-refractivity contribution in [1.29, 1.82) is 0 Å². The van der Waals surface area contributed by atoms with Gasteiger partial charge >= 0.3 is 6.18 Å². The second-order valence-corrected chi connectivity index (χ2v) is 5.25. The van der Waals surface area contributed by atoms with Crippen molar-refractivity contribution in [3.8, 4) is 0 Å². The molecule has 0 aliphatic rings. The van der Waals surface area contributed by atoms with Crippen LogP contribution in [0, 0.1) is 10.8 Å². The van der Waals surface area contributed by atoms with Gasteiger partial charge in [0.15, 0.2) is 0 Å². The Morgan fingerprint density at radius 1 is 0.933 bits per heavy atom. The molecule has 0 bridgehead atoms. The first-order valence-corrected chi connectivity index (χ1v) is 4.68. The Bertz CT molecular complexity index is 267. The largest absolute Gasteiger partial charge is 0.450 e. The van der Waals surface area contributed by atoms with Crippen LogP contribution >= 0.6 is 0 Å². The van der Waals surface area contributed by atoms with E-state index in [1.165, 1.54) is 19.9 Å². The van der Waals surface area contributed by atoms with Gasteiger partial charge < -0.3 is 0 Å². The highest BCUT2D eigenvalue weighted by atomic mass is 19.4. The van der Waals surface area contributed by atoms with Crippen LogP contribution in [0.2, 0.25) is 0 Å². The molecule has 0 amide bonds. The molecule has 0 N–H and O–H groups in total. The van der Waals surface area contributed by atoms with E-state index in [9.17, 15) is 18.0 Å². The Hall–Kier alpha value is -0.800. The molecule has 0 aromatic heterocycles. The van der Waals surface area contributed by atoms with Gasteiger partial charge in [-0.25, -0.2) is 0 Å². The highest BCUT2D eigenvalue weighted by molar-refractivity contribution is 5.90. The molecular formula is C11H17F3O. The van der Waals surface area contributed by atoms with E-state index in [0.29, 0.717) is 0 Å². The minimum absolute atomic E-state index is 0.233. The number of Topliss-reactive ketones (excluding diaryl/α,β-unsaturated/α-hetero) is 1. The maximum atomic E-state index is 12.2. The zero-order chi connectivity index (χ0) is 12.5. The molecule has 0 spiro atoms. The first-order chi connectivity index (χ1) is 6.36. The van der Waals surface area contributed by atoms with E-state index >= 15 is 0 Å². The standard InChI is InChI=1S/C11H17F3O/c1-9(2,3)6-7-10(4,5)8(15)11(12,13)14/h6-7H,1-5H3/b7-6+. The minimum atomic E-state index is -4.77. The minimum Gasteiger partial charge on any atom is -0.289 e. The van der Waals surface area contributed by atoms with Gasteiger partial charge in [0.1, 0.15) is 0 Å². The van der Waals surface area contributed by atoms with Crippen LogP contribution in [0.3, 0.4) is 0 Å². The number of carbonyl (C=O) groups is 1. The van der Waals surface area contributed by atoms with E-state index in [0.717, 1.165) is 0 Å². The maximum absolute atomic E-state index is 12.2. The van der Waals surface area contributed by atoms with Crippen molar-refractivity contribution < 1.29 is 18.0 Å². The number of carbonyl (C=O) groups excluding carboxylic acids is 1. The molecule has 0 unspecified atom stereocenters. The summed E-state index contributed by atoms with van der Waals surface area (Å²) in [7, 11) is 0. The molecular weight excluding hydrogens is 205 g/mol. The summed E-state index contributed by atoms with van der Waals surface area (Å²) in [6, 6.07) is 0. The number of hydrogen-bond donors (Lipinski definition) is 0. The summed E-state index contributed by atoms with van der Waals surface area (Å²) in [4.78, 5) is 11.0. The normalized spacial score (nSPS) is 14.7. The summed E-state index contributed by atoms with van der Waals surface area (Å²) in [6.45, 7) is 8.11. The summed E-state index contributed by atoms with van der Waals surface area (Å²) in [5, 5.41) is 0. The molecule has 1 nitrogen and oxygen atoms in total. The Labute approximate surface area is 88.4 Å². The fourth-order valence-corrected chi connectivity index (χ4v) is 0.899. The lowest BCUT2D eigenvalue weighted by Crippen LogP contribution is -2.35. The number of rotatable bonds is 2.